The molecule has 1 aromatic rings. The van der Waals surface area contributed by atoms with Crippen LogP contribution < -0.4 is 11.1 Å². The Bertz CT molecular complexity index is 507. The van der Waals surface area contributed by atoms with E-state index in [4.69, 9.17) is 5.73 Å². The molecule has 3 N–H and O–H groups in total. The van der Waals surface area contributed by atoms with Crippen LogP contribution in [0, 0.1) is 5.41 Å². The van der Waals surface area contributed by atoms with Crippen LogP contribution >= 0.6 is 0 Å². The smallest absolute Gasteiger partial charge is 0.178 e. The molecule has 114 valence electrons. The highest BCUT2D eigenvalue weighted by atomic mass is 32.2. The van der Waals surface area contributed by atoms with Crippen molar-refractivity contribution in [1.29, 1.82) is 0 Å². The number of nitrogens with one attached hydrogen (secondary N) is 1. The maximum absolute atomic E-state index is 11.9. The van der Waals surface area contributed by atoms with Crippen LogP contribution in [-0.4, -0.2) is 27.3 Å². The molecular weight excluding hydrogens is 272 g/mol. The molecule has 0 saturated heterocycles. The summed E-state index contributed by atoms with van der Waals surface area (Å²) in [6.07, 6.45) is 1.58. The van der Waals surface area contributed by atoms with Crippen molar-refractivity contribution in [3.63, 3.8) is 0 Å². The van der Waals surface area contributed by atoms with E-state index in [-0.39, 0.29) is 11.2 Å². The molecule has 0 heterocycles. The summed E-state index contributed by atoms with van der Waals surface area (Å²) in [4.78, 5) is 0.395. The summed E-state index contributed by atoms with van der Waals surface area (Å²) >= 11 is 0. The van der Waals surface area contributed by atoms with Gasteiger partial charge in [-0.2, -0.15) is 0 Å². The summed E-state index contributed by atoms with van der Waals surface area (Å²) in [5, 5.41) is 3.33. The molecule has 0 aliphatic carbocycles. The minimum absolute atomic E-state index is 0.127. The average molecular weight is 298 g/mol. The molecule has 1 rings (SSSR count). The second kappa shape index (κ2) is 7.09. The van der Waals surface area contributed by atoms with Crippen LogP contribution in [0.1, 0.15) is 33.6 Å². The summed E-state index contributed by atoms with van der Waals surface area (Å²) < 4.78 is 23.8. The second-order valence-electron chi connectivity index (χ2n) is 5.90. The Labute approximate surface area is 122 Å². The van der Waals surface area contributed by atoms with Gasteiger partial charge >= 0.3 is 0 Å². The molecule has 0 aliphatic rings. The lowest BCUT2D eigenvalue weighted by Gasteiger charge is -2.24. The number of hydrogen-bond acceptors (Lipinski definition) is 4. The zero-order chi connectivity index (χ0) is 15.2. The normalized spacial score (nSPS) is 12.4. The van der Waals surface area contributed by atoms with Crippen LogP contribution in [0.3, 0.4) is 0 Å². The number of benzene rings is 1. The van der Waals surface area contributed by atoms with Crippen molar-refractivity contribution in [2.75, 3.05) is 24.2 Å². The molecule has 0 amide bonds. The Morgan fingerprint density at radius 1 is 1.20 bits per heavy atom. The van der Waals surface area contributed by atoms with E-state index in [0.717, 1.165) is 18.7 Å². The van der Waals surface area contributed by atoms with Crippen LogP contribution in [0.5, 0.6) is 0 Å². The van der Waals surface area contributed by atoms with Gasteiger partial charge in [-0.25, -0.2) is 8.42 Å². The number of sulfone groups is 1. The Morgan fingerprint density at radius 3 is 2.30 bits per heavy atom. The van der Waals surface area contributed by atoms with Crippen molar-refractivity contribution < 1.29 is 8.42 Å². The maximum atomic E-state index is 11.9. The topological polar surface area (TPSA) is 72.2 Å². The predicted octanol–water partition coefficient (Wildman–Crippen LogP) is 2.66. The first-order valence-electron chi connectivity index (χ1n) is 7.07. The molecule has 0 unspecified atom stereocenters. The predicted molar refractivity (Wildman–Crippen MR) is 84.7 cm³/mol. The fourth-order valence-corrected chi connectivity index (χ4v) is 3.31. The zero-order valence-electron chi connectivity index (χ0n) is 12.6. The Kier molecular flexibility index (Phi) is 6.02. The molecular formula is C15H26N2O2S. The van der Waals surface area contributed by atoms with E-state index in [9.17, 15) is 8.42 Å². The standard InChI is InChI=1S/C15H26N2O2S/c1-4-11-20(18,19)14-7-5-13(6-8-14)17-12-15(2,3)9-10-16/h5-8,17H,4,9-12,16H2,1-3H3. The molecule has 4 nitrogen and oxygen atoms in total. The van der Waals surface area contributed by atoms with Crippen LogP contribution in [0.4, 0.5) is 5.69 Å². The highest BCUT2D eigenvalue weighted by molar-refractivity contribution is 7.91. The largest absolute Gasteiger partial charge is 0.385 e. The van der Waals surface area contributed by atoms with Crippen molar-refractivity contribution in [3.8, 4) is 0 Å². The monoisotopic (exact) mass is 298 g/mol. The van der Waals surface area contributed by atoms with E-state index in [2.05, 4.69) is 19.2 Å². The molecule has 0 atom stereocenters. The summed E-state index contributed by atoms with van der Waals surface area (Å²) in [6, 6.07) is 6.98. The minimum Gasteiger partial charge on any atom is -0.385 e. The lowest BCUT2D eigenvalue weighted by atomic mass is 9.89. The van der Waals surface area contributed by atoms with E-state index in [1.165, 1.54) is 0 Å². The van der Waals surface area contributed by atoms with E-state index >= 15 is 0 Å². The first-order valence-corrected chi connectivity index (χ1v) is 8.73. The first kappa shape index (κ1) is 17.0. The van der Waals surface area contributed by atoms with Gasteiger partial charge < -0.3 is 11.1 Å². The minimum atomic E-state index is -3.12. The highest BCUT2D eigenvalue weighted by Crippen LogP contribution is 2.21. The van der Waals surface area contributed by atoms with Gasteiger partial charge in [0.15, 0.2) is 9.84 Å². The van der Waals surface area contributed by atoms with Crippen LogP contribution in [0.2, 0.25) is 0 Å². The van der Waals surface area contributed by atoms with Gasteiger partial charge in [-0.1, -0.05) is 20.8 Å². The Balaban J connectivity index is 2.68. The summed E-state index contributed by atoms with van der Waals surface area (Å²) in [7, 11) is -3.12. The SMILES string of the molecule is CCCS(=O)(=O)c1ccc(NCC(C)(C)CCN)cc1. The van der Waals surface area contributed by atoms with E-state index in [1.54, 1.807) is 12.1 Å². The van der Waals surface area contributed by atoms with Crippen LogP contribution in [-0.2, 0) is 9.84 Å². The number of nitrogens with two attached hydrogens (primary N) is 1. The number of rotatable bonds is 8. The van der Waals surface area contributed by atoms with Gasteiger partial charge in [0, 0.05) is 12.2 Å². The first-order chi connectivity index (χ1) is 9.30. The molecule has 0 aliphatic heterocycles. The van der Waals surface area contributed by atoms with E-state index in [0.29, 0.717) is 17.9 Å². The lowest BCUT2D eigenvalue weighted by Crippen LogP contribution is -2.26. The Hall–Kier alpha value is -1.07. The average Bonchev–Trinajstić information content (AvgIpc) is 2.37. The number of anilines is 1. The summed E-state index contributed by atoms with van der Waals surface area (Å²) in [6.45, 7) is 7.67. The van der Waals surface area contributed by atoms with Gasteiger partial charge in [0.2, 0.25) is 0 Å². The van der Waals surface area contributed by atoms with Crippen LogP contribution in [0.25, 0.3) is 0 Å². The maximum Gasteiger partial charge on any atom is 0.178 e. The molecule has 0 aromatic heterocycles. The van der Waals surface area contributed by atoms with Crippen molar-refractivity contribution in [2.24, 2.45) is 11.1 Å². The third-order valence-corrected chi connectivity index (χ3v) is 5.21. The third kappa shape index (κ3) is 5.13. The van der Waals surface area contributed by atoms with E-state index < -0.39 is 9.84 Å². The van der Waals surface area contributed by atoms with Gasteiger partial charge in [0.25, 0.3) is 0 Å². The van der Waals surface area contributed by atoms with Gasteiger partial charge in [-0.15, -0.1) is 0 Å². The van der Waals surface area contributed by atoms with Gasteiger partial charge in [-0.05, 0) is 49.1 Å². The van der Waals surface area contributed by atoms with Gasteiger partial charge in [0.1, 0.15) is 0 Å². The molecule has 0 radical (unpaired) electrons. The molecule has 0 fully saturated rings. The molecule has 20 heavy (non-hydrogen) atoms. The van der Waals surface area contributed by atoms with Crippen molar-refractivity contribution in [1.82, 2.24) is 0 Å². The highest BCUT2D eigenvalue weighted by Gasteiger charge is 2.17. The molecule has 5 heteroatoms. The third-order valence-electron chi connectivity index (χ3n) is 3.28. The fourth-order valence-electron chi connectivity index (χ4n) is 1.99. The Morgan fingerprint density at radius 2 is 1.80 bits per heavy atom. The fraction of sp³-hybridized carbons (Fsp3) is 0.600. The van der Waals surface area contributed by atoms with Gasteiger partial charge in [-0.3, -0.25) is 0 Å². The van der Waals surface area contributed by atoms with Crippen molar-refractivity contribution >= 4 is 15.5 Å². The summed E-state index contributed by atoms with van der Waals surface area (Å²) in [5.41, 5.74) is 6.65. The number of hydrogen-bond donors (Lipinski definition) is 2. The molecule has 0 bridgehead atoms. The zero-order valence-corrected chi connectivity index (χ0v) is 13.5. The van der Waals surface area contributed by atoms with E-state index in [1.807, 2.05) is 19.1 Å². The lowest BCUT2D eigenvalue weighted by molar-refractivity contribution is 0.365. The summed E-state index contributed by atoms with van der Waals surface area (Å²) in [5.74, 6) is 0.198. The quantitative estimate of drug-likeness (QED) is 0.774. The molecule has 0 saturated carbocycles. The molecule has 0 spiro atoms. The van der Waals surface area contributed by atoms with Gasteiger partial charge in [0.05, 0.1) is 10.6 Å². The van der Waals surface area contributed by atoms with Crippen molar-refractivity contribution in [3.05, 3.63) is 24.3 Å². The van der Waals surface area contributed by atoms with Crippen molar-refractivity contribution in [2.45, 2.75) is 38.5 Å². The van der Waals surface area contributed by atoms with Crippen LogP contribution in [0.15, 0.2) is 29.2 Å². The second-order valence-corrected chi connectivity index (χ2v) is 8.01. The molecule has 1 aromatic carbocycles.